The lowest BCUT2D eigenvalue weighted by molar-refractivity contribution is -0.174. The Morgan fingerprint density at radius 3 is 2.20 bits per heavy atom. The number of benzene rings is 2. The molecule has 1 aromatic heterocycles. The Balaban J connectivity index is 0.000000185. The zero-order valence-electron chi connectivity index (χ0n) is 31.5. The van der Waals surface area contributed by atoms with E-state index in [1.165, 1.54) is 49.9 Å². The van der Waals surface area contributed by atoms with Crippen LogP contribution in [0, 0.1) is 53.3 Å². The van der Waals surface area contributed by atoms with E-state index < -0.39 is 27.9 Å². The van der Waals surface area contributed by atoms with Crippen LogP contribution in [0.2, 0.25) is 0 Å². The maximum Gasteiger partial charge on any atom is 0.435 e. The van der Waals surface area contributed by atoms with Crippen molar-refractivity contribution in [2.45, 2.75) is 115 Å². The lowest BCUT2D eigenvalue weighted by Crippen LogP contribution is -2.58. The number of aromatic nitrogens is 2. The highest BCUT2D eigenvalue weighted by atomic mass is 32.2. The predicted molar refractivity (Wildman–Crippen MR) is 199 cm³/mol. The average molecular weight is 774 g/mol. The minimum Gasteiger partial charge on any atom is -0.481 e. The number of carbonyl (C=O) groups is 1. The molecule has 9 nitrogen and oxygen atoms in total. The molecular weight excluding hydrogens is 720 g/mol. The Bertz CT molecular complexity index is 1920. The van der Waals surface area contributed by atoms with Gasteiger partial charge in [-0.15, -0.1) is 0 Å². The summed E-state index contributed by atoms with van der Waals surface area (Å²) < 4.78 is 63.2. The molecule has 2 aromatic carbocycles. The van der Waals surface area contributed by atoms with Gasteiger partial charge in [0.15, 0.2) is 5.69 Å². The van der Waals surface area contributed by atoms with Gasteiger partial charge in [0.05, 0.1) is 28.5 Å². The Hall–Kier alpha value is -3.26. The van der Waals surface area contributed by atoms with Gasteiger partial charge in [-0.05, 0) is 141 Å². The van der Waals surface area contributed by atoms with Crippen LogP contribution in [0.25, 0.3) is 16.9 Å². The van der Waals surface area contributed by atoms with Crippen LogP contribution < -0.4 is 5.14 Å². The van der Waals surface area contributed by atoms with E-state index in [0.717, 1.165) is 48.4 Å². The maximum absolute atomic E-state index is 13.1. The number of hydrogen-bond donors (Lipinski definition) is 4. The van der Waals surface area contributed by atoms with Crippen LogP contribution in [0.3, 0.4) is 0 Å². The fourth-order valence-corrected chi connectivity index (χ4v) is 11.7. The number of rotatable bonds is 7. The van der Waals surface area contributed by atoms with Gasteiger partial charge >= 0.3 is 12.1 Å². The number of hydrogen-bond acceptors (Lipinski definition) is 6. The van der Waals surface area contributed by atoms with E-state index >= 15 is 0 Å². The number of fused-ring (bicyclic) bond motifs is 5. The highest BCUT2D eigenvalue weighted by molar-refractivity contribution is 7.89. The number of carboxylic acids is 1. The van der Waals surface area contributed by atoms with Gasteiger partial charge in [-0.3, -0.25) is 4.79 Å². The minimum atomic E-state index is -4.61. The van der Waals surface area contributed by atoms with E-state index in [2.05, 4.69) is 25.9 Å². The molecule has 0 radical (unpaired) electrons. The van der Waals surface area contributed by atoms with Crippen molar-refractivity contribution in [3.8, 4) is 16.9 Å². The third-order valence-electron chi connectivity index (χ3n) is 14.0. The monoisotopic (exact) mass is 773 g/mol. The summed E-state index contributed by atoms with van der Waals surface area (Å²) in [5.74, 6) is 2.36. The smallest absolute Gasteiger partial charge is 0.435 e. The number of aliphatic carboxylic acids is 1. The fraction of sp³-hybridized carbons (Fsp3) is 0.610. The predicted octanol–water partition coefficient (Wildman–Crippen LogP) is 7.99. The molecule has 0 amide bonds. The number of aryl methyl sites for hydroxylation is 1. The number of aliphatic hydroxyl groups is 2. The highest BCUT2D eigenvalue weighted by Crippen LogP contribution is 2.68. The molecule has 4 aliphatic carbocycles. The number of alkyl halides is 3. The highest BCUT2D eigenvalue weighted by Gasteiger charge is 2.62. The van der Waals surface area contributed by atoms with Gasteiger partial charge in [0.25, 0.3) is 0 Å². The molecule has 296 valence electrons. The summed E-state index contributed by atoms with van der Waals surface area (Å²) in [5.41, 5.74) is 1.52. The maximum atomic E-state index is 13.1. The summed E-state index contributed by atoms with van der Waals surface area (Å²) in [4.78, 5) is 10.9. The van der Waals surface area contributed by atoms with Crippen LogP contribution in [0.5, 0.6) is 0 Å². The molecule has 13 heteroatoms. The number of nitrogens with two attached hydrogens (primary N) is 1. The second-order valence-electron chi connectivity index (χ2n) is 17.1. The lowest BCUT2D eigenvalue weighted by atomic mass is 9.43. The van der Waals surface area contributed by atoms with Crippen LogP contribution in [0.1, 0.15) is 96.2 Å². The molecule has 10 atom stereocenters. The molecule has 0 bridgehead atoms. The molecule has 4 aliphatic rings. The van der Waals surface area contributed by atoms with Gasteiger partial charge in [-0.25, -0.2) is 18.2 Å². The Labute approximate surface area is 316 Å². The molecule has 5 N–H and O–H groups in total. The van der Waals surface area contributed by atoms with Gasteiger partial charge in [0.1, 0.15) is 0 Å². The summed E-state index contributed by atoms with van der Waals surface area (Å²) in [6, 6.07) is 13.1. The molecule has 54 heavy (non-hydrogen) atoms. The molecule has 0 saturated heterocycles. The van der Waals surface area contributed by atoms with Crippen molar-refractivity contribution in [3.05, 3.63) is 65.9 Å². The van der Waals surface area contributed by atoms with Gasteiger partial charge < -0.3 is 15.3 Å². The van der Waals surface area contributed by atoms with Crippen molar-refractivity contribution in [2.24, 2.45) is 51.5 Å². The Morgan fingerprint density at radius 2 is 1.59 bits per heavy atom. The summed E-state index contributed by atoms with van der Waals surface area (Å²) in [7, 11) is -3.90. The molecule has 7 rings (SSSR count). The molecular formula is C41H54F3N3O6S. The van der Waals surface area contributed by atoms with Crippen molar-refractivity contribution in [2.75, 3.05) is 0 Å². The number of nitrogens with zero attached hydrogens (tertiary/aromatic N) is 2. The summed E-state index contributed by atoms with van der Waals surface area (Å²) in [5, 5.41) is 39.2. The largest absolute Gasteiger partial charge is 0.481 e. The first-order valence-corrected chi connectivity index (χ1v) is 20.7. The molecule has 3 aromatic rings. The topological polar surface area (TPSA) is 156 Å². The Morgan fingerprint density at radius 1 is 0.963 bits per heavy atom. The van der Waals surface area contributed by atoms with Crippen LogP contribution in [0.4, 0.5) is 13.2 Å². The molecule has 1 heterocycles. The minimum absolute atomic E-state index is 0.138. The Kier molecular flexibility index (Phi) is 11.2. The van der Waals surface area contributed by atoms with E-state index in [4.69, 9.17) is 10.2 Å². The molecule has 0 aliphatic heterocycles. The van der Waals surface area contributed by atoms with E-state index in [-0.39, 0.29) is 45.7 Å². The first-order valence-electron chi connectivity index (χ1n) is 19.2. The van der Waals surface area contributed by atoms with Crippen molar-refractivity contribution in [1.82, 2.24) is 9.78 Å². The van der Waals surface area contributed by atoms with Crippen molar-refractivity contribution < 1.29 is 41.7 Å². The zero-order chi connectivity index (χ0) is 39.4. The lowest BCUT2D eigenvalue weighted by Gasteiger charge is -2.62. The van der Waals surface area contributed by atoms with E-state index in [9.17, 15) is 36.6 Å². The van der Waals surface area contributed by atoms with Crippen molar-refractivity contribution >= 4 is 16.0 Å². The quantitative estimate of drug-likeness (QED) is 0.190. The second-order valence-corrected chi connectivity index (χ2v) is 18.7. The van der Waals surface area contributed by atoms with E-state index in [1.54, 1.807) is 24.3 Å². The zero-order valence-corrected chi connectivity index (χ0v) is 32.3. The number of sulfonamides is 1. The van der Waals surface area contributed by atoms with Gasteiger partial charge in [-0.2, -0.15) is 18.3 Å². The van der Waals surface area contributed by atoms with E-state index in [0.29, 0.717) is 41.1 Å². The van der Waals surface area contributed by atoms with Crippen molar-refractivity contribution in [3.63, 3.8) is 0 Å². The number of halogens is 3. The number of primary sulfonamides is 1. The first-order chi connectivity index (χ1) is 25.2. The first kappa shape index (κ1) is 40.4. The molecule has 4 saturated carbocycles. The summed E-state index contributed by atoms with van der Waals surface area (Å²) >= 11 is 0. The fourth-order valence-electron chi connectivity index (χ4n) is 11.2. The summed E-state index contributed by atoms with van der Waals surface area (Å²) in [6.45, 7) is 9.03. The van der Waals surface area contributed by atoms with Gasteiger partial charge in [0, 0.05) is 12.0 Å². The average Bonchev–Trinajstić information content (AvgIpc) is 3.71. The standard InChI is InChI=1S/C24H40O4.C17H14F3N3O2S/c1-14(4-7-21(27)28)17-5-6-18-22-19(9-11-24(17,18)3)23(2)10-8-16(25)12-15(23)13-20(22)26;1-11-2-4-12(5-3-11)15-10-16(17(18,19)20)22-23(15)13-6-8-14(9-7-13)26(21,24)25/h14-20,22,25-26H,4-13H2,1-3H3,(H,27,28);2-10H,1H3,(H2,21,24,25)/t14-,15+,16-,17-,18+,19+,20+,22+,23+,24-;/m1./s1. The molecule has 4 fully saturated rings. The SMILES string of the molecule is C[C@H](CCC(=O)O)[C@H]1CC[C@H]2[C@@H]3[C@@H](O)C[C@@H]4C[C@H](O)CC[C@]4(C)[C@H]3CC[C@]12C.Cc1ccc(-c2cc(C(F)(F)F)nn2-c2ccc(S(N)(=O)=O)cc2)cc1. The molecule has 0 unspecified atom stereocenters. The molecule has 0 spiro atoms. The normalized spacial score (nSPS) is 32.7. The van der Waals surface area contributed by atoms with Crippen LogP contribution in [0.15, 0.2) is 59.5 Å². The van der Waals surface area contributed by atoms with Gasteiger partial charge in [-0.1, -0.05) is 50.6 Å². The van der Waals surface area contributed by atoms with Gasteiger partial charge in [0.2, 0.25) is 10.0 Å². The summed E-state index contributed by atoms with van der Waals surface area (Å²) in [6.07, 6.45) is 4.59. The number of aliphatic hydroxyl groups excluding tert-OH is 2. The second kappa shape index (κ2) is 15.0. The van der Waals surface area contributed by atoms with Crippen LogP contribution >= 0.6 is 0 Å². The number of carboxylic acid groups (broad SMARTS) is 1. The third kappa shape index (κ3) is 7.88. The van der Waals surface area contributed by atoms with Crippen LogP contribution in [-0.2, 0) is 21.0 Å². The van der Waals surface area contributed by atoms with Crippen molar-refractivity contribution in [1.29, 1.82) is 0 Å². The third-order valence-corrected chi connectivity index (χ3v) is 14.9. The van der Waals surface area contributed by atoms with Crippen LogP contribution in [-0.4, -0.2) is 51.7 Å². The van der Waals surface area contributed by atoms with E-state index in [1.807, 2.05) is 6.92 Å².